The van der Waals surface area contributed by atoms with Crippen LogP contribution in [0, 0.1) is 5.82 Å². The van der Waals surface area contributed by atoms with E-state index in [2.05, 4.69) is 0 Å². The fraction of sp³-hybridized carbons (Fsp3) is 0.235. The Balaban J connectivity index is 2.08. The highest BCUT2D eigenvalue weighted by Crippen LogP contribution is 2.19. The summed E-state index contributed by atoms with van der Waals surface area (Å²) in [6.07, 6.45) is 0.217. The molecular formula is C17H19FN2O. The van der Waals surface area contributed by atoms with Gasteiger partial charge in [0.1, 0.15) is 5.82 Å². The van der Waals surface area contributed by atoms with Crippen LogP contribution in [-0.2, 0) is 4.79 Å². The molecule has 0 aromatic heterocycles. The molecule has 0 aliphatic rings. The van der Waals surface area contributed by atoms with Crippen molar-refractivity contribution in [1.82, 2.24) is 0 Å². The Morgan fingerprint density at radius 3 is 2.33 bits per heavy atom. The number of carbonyl (C=O) groups is 1. The van der Waals surface area contributed by atoms with Gasteiger partial charge in [0.2, 0.25) is 5.91 Å². The van der Waals surface area contributed by atoms with Crippen LogP contribution in [-0.4, -0.2) is 12.5 Å². The molecule has 2 aromatic carbocycles. The zero-order chi connectivity index (χ0) is 15.2. The summed E-state index contributed by atoms with van der Waals surface area (Å²) >= 11 is 0. The van der Waals surface area contributed by atoms with E-state index in [1.54, 1.807) is 17.0 Å². The van der Waals surface area contributed by atoms with Crippen molar-refractivity contribution in [3.05, 3.63) is 66.0 Å². The molecule has 1 atom stereocenters. The van der Waals surface area contributed by atoms with E-state index in [9.17, 15) is 9.18 Å². The number of rotatable bonds is 5. The van der Waals surface area contributed by atoms with E-state index < -0.39 is 0 Å². The summed E-state index contributed by atoms with van der Waals surface area (Å²) in [4.78, 5) is 14.0. The first-order chi connectivity index (χ1) is 10.1. The number of carbonyl (C=O) groups excluding carboxylic acids is 1. The predicted molar refractivity (Wildman–Crippen MR) is 82.4 cm³/mol. The van der Waals surface area contributed by atoms with Gasteiger partial charge in [0.25, 0.3) is 0 Å². The maximum atomic E-state index is 13.0. The molecule has 21 heavy (non-hydrogen) atoms. The summed E-state index contributed by atoms with van der Waals surface area (Å²) < 4.78 is 13.0. The number of nitrogens with two attached hydrogens (primary N) is 1. The van der Waals surface area contributed by atoms with Crippen molar-refractivity contribution in [2.24, 2.45) is 5.73 Å². The van der Waals surface area contributed by atoms with Gasteiger partial charge in [-0.2, -0.15) is 0 Å². The van der Waals surface area contributed by atoms with Crippen molar-refractivity contribution in [1.29, 1.82) is 0 Å². The Morgan fingerprint density at radius 1 is 1.14 bits per heavy atom. The van der Waals surface area contributed by atoms with Crippen LogP contribution >= 0.6 is 0 Å². The lowest BCUT2D eigenvalue weighted by atomic mass is 10.0. The van der Waals surface area contributed by atoms with Crippen LogP contribution in [0.5, 0.6) is 0 Å². The molecular weight excluding hydrogens is 267 g/mol. The normalized spacial score (nSPS) is 12.0. The number of amides is 1. The first-order valence-electron chi connectivity index (χ1n) is 6.98. The minimum absolute atomic E-state index is 0.0690. The number of halogens is 1. The molecule has 0 spiro atoms. The third kappa shape index (κ3) is 3.89. The van der Waals surface area contributed by atoms with Gasteiger partial charge < -0.3 is 10.6 Å². The Labute approximate surface area is 124 Å². The van der Waals surface area contributed by atoms with Crippen LogP contribution in [0.2, 0.25) is 0 Å². The highest BCUT2D eigenvalue weighted by molar-refractivity contribution is 5.93. The van der Waals surface area contributed by atoms with E-state index in [0.717, 1.165) is 5.56 Å². The van der Waals surface area contributed by atoms with Crippen LogP contribution in [0.15, 0.2) is 54.6 Å². The molecule has 2 aromatic rings. The van der Waals surface area contributed by atoms with Gasteiger partial charge in [-0.05, 0) is 36.8 Å². The second-order valence-corrected chi connectivity index (χ2v) is 4.84. The summed E-state index contributed by atoms with van der Waals surface area (Å²) in [6.45, 7) is 2.40. The van der Waals surface area contributed by atoms with Gasteiger partial charge in [0.15, 0.2) is 0 Å². The molecule has 0 saturated heterocycles. The molecule has 110 valence electrons. The summed E-state index contributed by atoms with van der Waals surface area (Å²) in [5.41, 5.74) is 7.70. The maximum absolute atomic E-state index is 13.0. The largest absolute Gasteiger partial charge is 0.324 e. The molecule has 0 heterocycles. The lowest BCUT2D eigenvalue weighted by Crippen LogP contribution is -2.33. The van der Waals surface area contributed by atoms with Crippen LogP contribution in [0.25, 0.3) is 0 Å². The topological polar surface area (TPSA) is 46.3 Å². The second kappa shape index (κ2) is 6.99. The standard InChI is InChI=1S/C17H19FN2O/c1-2-20(15-10-8-14(18)9-11-15)17(21)12-16(19)13-6-4-3-5-7-13/h3-11,16H,2,12,19H2,1H3. The molecule has 0 fully saturated rings. The van der Waals surface area contributed by atoms with Crippen LogP contribution in [0.4, 0.5) is 10.1 Å². The SMILES string of the molecule is CCN(C(=O)CC(N)c1ccccc1)c1ccc(F)cc1. The van der Waals surface area contributed by atoms with Crippen molar-refractivity contribution in [2.75, 3.05) is 11.4 Å². The number of benzene rings is 2. The Kier molecular flexibility index (Phi) is 5.06. The molecule has 0 bridgehead atoms. The molecule has 1 amide bonds. The van der Waals surface area contributed by atoms with E-state index in [4.69, 9.17) is 5.73 Å². The fourth-order valence-electron chi connectivity index (χ4n) is 2.24. The van der Waals surface area contributed by atoms with Gasteiger partial charge >= 0.3 is 0 Å². The summed E-state index contributed by atoms with van der Waals surface area (Å²) in [6, 6.07) is 15.1. The second-order valence-electron chi connectivity index (χ2n) is 4.84. The molecule has 2 rings (SSSR count). The Bertz CT molecular complexity index is 583. The third-order valence-electron chi connectivity index (χ3n) is 3.38. The molecule has 0 radical (unpaired) electrons. The van der Waals surface area contributed by atoms with E-state index in [0.29, 0.717) is 12.2 Å². The van der Waals surface area contributed by atoms with Crippen molar-refractivity contribution in [3.8, 4) is 0 Å². The molecule has 0 aliphatic heterocycles. The number of nitrogens with zero attached hydrogens (tertiary/aromatic N) is 1. The fourth-order valence-corrected chi connectivity index (χ4v) is 2.24. The summed E-state index contributed by atoms with van der Waals surface area (Å²) in [5.74, 6) is -0.385. The van der Waals surface area contributed by atoms with Gasteiger partial charge in [-0.1, -0.05) is 30.3 Å². The van der Waals surface area contributed by atoms with Gasteiger partial charge in [0.05, 0.1) is 0 Å². The molecule has 0 saturated carbocycles. The number of hydrogen-bond donors (Lipinski definition) is 1. The lowest BCUT2D eigenvalue weighted by Gasteiger charge is -2.23. The predicted octanol–water partition coefficient (Wildman–Crippen LogP) is 3.27. The average Bonchev–Trinajstić information content (AvgIpc) is 2.50. The van der Waals surface area contributed by atoms with Crippen molar-refractivity contribution in [3.63, 3.8) is 0 Å². The quantitative estimate of drug-likeness (QED) is 0.917. The van der Waals surface area contributed by atoms with E-state index in [1.807, 2.05) is 37.3 Å². The van der Waals surface area contributed by atoms with Crippen LogP contribution in [0.1, 0.15) is 24.9 Å². The summed E-state index contributed by atoms with van der Waals surface area (Å²) in [7, 11) is 0. The monoisotopic (exact) mass is 286 g/mol. The zero-order valence-corrected chi connectivity index (χ0v) is 12.0. The zero-order valence-electron chi connectivity index (χ0n) is 12.0. The van der Waals surface area contributed by atoms with Gasteiger partial charge in [-0.3, -0.25) is 4.79 Å². The molecule has 2 N–H and O–H groups in total. The minimum atomic E-state index is -0.340. The van der Waals surface area contributed by atoms with Crippen LogP contribution < -0.4 is 10.6 Å². The van der Waals surface area contributed by atoms with Crippen LogP contribution in [0.3, 0.4) is 0 Å². The third-order valence-corrected chi connectivity index (χ3v) is 3.38. The highest BCUT2D eigenvalue weighted by atomic mass is 19.1. The van der Waals surface area contributed by atoms with Gasteiger partial charge in [-0.15, -0.1) is 0 Å². The van der Waals surface area contributed by atoms with E-state index >= 15 is 0 Å². The minimum Gasteiger partial charge on any atom is -0.324 e. The van der Waals surface area contributed by atoms with Crippen molar-refractivity contribution >= 4 is 11.6 Å². The van der Waals surface area contributed by atoms with Crippen molar-refractivity contribution in [2.45, 2.75) is 19.4 Å². The van der Waals surface area contributed by atoms with Crippen molar-refractivity contribution < 1.29 is 9.18 Å². The first-order valence-corrected chi connectivity index (χ1v) is 6.98. The maximum Gasteiger partial charge on any atom is 0.228 e. The lowest BCUT2D eigenvalue weighted by molar-refractivity contribution is -0.118. The number of anilines is 1. The van der Waals surface area contributed by atoms with E-state index in [-0.39, 0.29) is 24.2 Å². The smallest absolute Gasteiger partial charge is 0.228 e. The molecule has 3 nitrogen and oxygen atoms in total. The molecule has 1 unspecified atom stereocenters. The molecule has 4 heteroatoms. The Hall–Kier alpha value is -2.20. The van der Waals surface area contributed by atoms with Gasteiger partial charge in [0, 0.05) is 24.7 Å². The summed E-state index contributed by atoms with van der Waals surface area (Å²) in [5, 5.41) is 0. The first kappa shape index (κ1) is 15.2. The highest BCUT2D eigenvalue weighted by Gasteiger charge is 2.18. The number of hydrogen-bond acceptors (Lipinski definition) is 2. The Morgan fingerprint density at radius 2 is 1.76 bits per heavy atom. The van der Waals surface area contributed by atoms with Gasteiger partial charge in [-0.25, -0.2) is 4.39 Å². The van der Waals surface area contributed by atoms with E-state index in [1.165, 1.54) is 12.1 Å². The molecule has 0 aliphatic carbocycles. The average molecular weight is 286 g/mol.